The molecule has 68 valence electrons. The molecular formula is C6H14INO2S. The molecule has 11 heavy (non-hydrogen) atoms. The SMILES string of the molecule is CC(C)C(CI)NS(C)(=O)=O. The average Bonchev–Trinajstić information content (AvgIpc) is 1.80. The van der Waals surface area contributed by atoms with Gasteiger partial charge in [-0.05, 0) is 5.92 Å². The van der Waals surface area contributed by atoms with Crippen LogP contribution in [0.1, 0.15) is 13.8 Å². The highest BCUT2D eigenvalue weighted by molar-refractivity contribution is 14.1. The zero-order valence-electron chi connectivity index (χ0n) is 6.96. The lowest BCUT2D eigenvalue weighted by atomic mass is 10.1. The summed E-state index contributed by atoms with van der Waals surface area (Å²) in [5.74, 6) is 0.349. The van der Waals surface area contributed by atoms with Gasteiger partial charge in [-0.2, -0.15) is 0 Å². The third-order valence-electron chi connectivity index (χ3n) is 1.34. The number of rotatable bonds is 4. The molecule has 1 N–H and O–H groups in total. The summed E-state index contributed by atoms with van der Waals surface area (Å²) < 4.78 is 25.0. The Morgan fingerprint density at radius 3 is 2.00 bits per heavy atom. The molecular weight excluding hydrogens is 277 g/mol. The van der Waals surface area contributed by atoms with Gasteiger partial charge in [0.2, 0.25) is 10.0 Å². The van der Waals surface area contributed by atoms with Gasteiger partial charge >= 0.3 is 0 Å². The van der Waals surface area contributed by atoms with Crippen LogP contribution >= 0.6 is 22.6 Å². The van der Waals surface area contributed by atoms with Gasteiger partial charge < -0.3 is 0 Å². The van der Waals surface area contributed by atoms with E-state index in [1.165, 1.54) is 6.26 Å². The number of sulfonamides is 1. The standard InChI is InChI=1S/C6H14INO2S/c1-5(2)6(4-7)8-11(3,9)10/h5-6,8H,4H2,1-3H3. The summed E-state index contributed by atoms with van der Waals surface area (Å²) in [7, 11) is -3.04. The van der Waals surface area contributed by atoms with Crippen LogP contribution in [0.15, 0.2) is 0 Å². The van der Waals surface area contributed by atoms with E-state index in [1.807, 2.05) is 13.8 Å². The summed E-state index contributed by atoms with van der Waals surface area (Å²) in [4.78, 5) is 0. The number of hydrogen-bond donors (Lipinski definition) is 1. The van der Waals surface area contributed by atoms with Crippen LogP contribution in [0, 0.1) is 5.92 Å². The summed E-state index contributed by atoms with van der Waals surface area (Å²) in [5, 5.41) is 0. The third kappa shape index (κ3) is 5.86. The molecule has 0 spiro atoms. The van der Waals surface area contributed by atoms with Gasteiger partial charge in [0.1, 0.15) is 0 Å². The molecule has 0 aliphatic rings. The van der Waals surface area contributed by atoms with Gasteiger partial charge in [0, 0.05) is 10.5 Å². The van der Waals surface area contributed by atoms with Crippen molar-refractivity contribution in [1.29, 1.82) is 0 Å². The fourth-order valence-corrected chi connectivity index (χ4v) is 3.06. The molecule has 0 bridgehead atoms. The van der Waals surface area contributed by atoms with E-state index in [9.17, 15) is 8.42 Å². The van der Waals surface area contributed by atoms with Crippen LogP contribution in [0.3, 0.4) is 0 Å². The highest BCUT2D eigenvalue weighted by Gasteiger charge is 2.15. The maximum atomic E-state index is 10.8. The predicted molar refractivity (Wildman–Crippen MR) is 55.5 cm³/mol. The molecule has 0 saturated heterocycles. The number of halogens is 1. The lowest BCUT2D eigenvalue weighted by Crippen LogP contribution is -2.38. The first kappa shape index (κ1) is 11.6. The fourth-order valence-electron chi connectivity index (χ4n) is 0.621. The second-order valence-electron chi connectivity index (χ2n) is 2.89. The van der Waals surface area contributed by atoms with Crippen LogP contribution in [0.5, 0.6) is 0 Å². The minimum Gasteiger partial charge on any atom is -0.213 e. The average molecular weight is 291 g/mol. The monoisotopic (exact) mass is 291 g/mol. The van der Waals surface area contributed by atoms with Crippen LogP contribution in [-0.2, 0) is 10.0 Å². The Bertz CT molecular complexity index is 201. The molecule has 0 radical (unpaired) electrons. The van der Waals surface area contributed by atoms with Gasteiger partial charge in [0.15, 0.2) is 0 Å². The first-order chi connectivity index (χ1) is 4.87. The second kappa shape index (κ2) is 4.61. The molecule has 0 aromatic rings. The molecule has 0 aliphatic heterocycles. The highest BCUT2D eigenvalue weighted by atomic mass is 127. The van der Waals surface area contributed by atoms with E-state index in [-0.39, 0.29) is 6.04 Å². The normalized spacial score (nSPS) is 15.4. The van der Waals surface area contributed by atoms with Crippen molar-refractivity contribution in [3.63, 3.8) is 0 Å². The van der Waals surface area contributed by atoms with E-state index in [4.69, 9.17) is 0 Å². The van der Waals surface area contributed by atoms with Crippen LogP contribution in [0.25, 0.3) is 0 Å². The molecule has 1 unspecified atom stereocenters. The van der Waals surface area contributed by atoms with Crippen molar-refractivity contribution >= 4 is 32.6 Å². The second-order valence-corrected chi connectivity index (χ2v) is 5.56. The van der Waals surface area contributed by atoms with Crippen molar-refractivity contribution in [3.8, 4) is 0 Å². The predicted octanol–water partition coefficient (Wildman–Crippen LogP) is 0.995. The molecule has 0 heterocycles. The molecule has 0 fully saturated rings. The zero-order valence-corrected chi connectivity index (χ0v) is 9.94. The molecule has 0 amide bonds. The van der Waals surface area contributed by atoms with Gasteiger partial charge in [-0.3, -0.25) is 0 Å². The number of alkyl halides is 1. The van der Waals surface area contributed by atoms with Crippen LogP contribution in [0.2, 0.25) is 0 Å². The molecule has 1 atom stereocenters. The van der Waals surface area contributed by atoms with Crippen molar-refractivity contribution in [2.75, 3.05) is 10.7 Å². The first-order valence-corrected chi connectivity index (χ1v) is 6.81. The zero-order chi connectivity index (χ0) is 9.07. The largest absolute Gasteiger partial charge is 0.213 e. The van der Waals surface area contributed by atoms with Crippen molar-refractivity contribution < 1.29 is 8.42 Å². The van der Waals surface area contributed by atoms with Gasteiger partial charge in [-0.1, -0.05) is 36.4 Å². The summed E-state index contributed by atoms with van der Waals surface area (Å²) in [6.45, 7) is 4.00. The maximum Gasteiger partial charge on any atom is 0.208 e. The molecule has 5 heteroatoms. The smallest absolute Gasteiger partial charge is 0.208 e. The quantitative estimate of drug-likeness (QED) is 0.620. The van der Waals surface area contributed by atoms with Gasteiger partial charge in [0.25, 0.3) is 0 Å². The van der Waals surface area contributed by atoms with Crippen LogP contribution in [0.4, 0.5) is 0 Å². The lowest BCUT2D eigenvalue weighted by molar-refractivity contribution is 0.488. The summed E-state index contributed by atoms with van der Waals surface area (Å²) >= 11 is 2.18. The highest BCUT2D eigenvalue weighted by Crippen LogP contribution is 2.05. The Balaban J connectivity index is 4.10. The van der Waals surface area contributed by atoms with Crippen LogP contribution < -0.4 is 4.72 Å². The van der Waals surface area contributed by atoms with E-state index in [0.717, 1.165) is 4.43 Å². The van der Waals surface area contributed by atoms with E-state index >= 15 is 0 Å². The van der Waals surface area contributed by atoms with Gasteiger partial charge in [-0.15, -0.1) is 0 Å². The van der Waals surface area contributed by atoms with E-state index in [0.29, 0.717) is 5.92 Å². The topological polar surface area (TPSA) is 46.2 Å². The first-order valence-electron chi connectivity index (χ1n) is 3.40. The Morgan fingerprint density at radius 2 is 1.91 bits per heavy atom. The molecule has 0 aliphatic carbocycles. The van der Waals surface area contributed by atoms with Crippen molar-refractivity contribution in [1.82, 2.24) is 4.72 Å². The number of nitrogens with one attached hydrogen (secondary N) is 1. The van der Waals surface area contributed by atoms with E-state index in [1.54, 1.807) is 0 Å². The van der Waals surface area contributed by atoms with E-state index < -0.39 is 10.0 Å². The lowest BCUT2D eigenvalue weighted by Gasteiger charge is -2.17. The molecule has 0 aromatic carbocycles. The molecule has 3 nitrogen and oxygen atoms in total. The Hall–Kier alpha value is 0.640. The Labute approximate surface area is 82.1 Å². The summed E-state index contributed by atoms with van der Waals surface area (Å²) in [6.07, 6.45) is 1.19. The van der Waals surface area contributed by atoms with Crippen molar-refractivity contribution in [2.45, 2.75) is 19.9 Å². The molecule has 0 rings (SSSR count). The summed E-state index contributed by atoms with van der Waals surface area (Å²) in [6, 6.07) is 0.0607. The van der Waals surface area contributed by atoms with Crippen molar-refractivity contribution in [3.05, 3.63) is 0 Å². The third-order valence-corrected chi connectivity index (χ3v) is 3.02. The van der Waals surface area contributed by atoms with Crippen LogP contribution in [-0.4, -0.2) is 25.1 Å². The number of hydrogen-bond acceptors (Lipinski definition) is 2. The minimum absolute atomic E-state index is 0.0607. The Morgan fingerprint density at radius 1 is 1.45 bits per heavy atom. The maximum absolute atomic E-state index is 10.8. The molecule has 0 aromatic heterocycles. The summed E-state index contributed by atoms with van der Waals surface area (Å²) in [5.41, 5.74) is 0. The van der Waals surface area contributed by atoms with E-state index in [2.05, 4.69) is 27.3 Å². The van der Waals surface area contributed by atoms with Gasteiger partial charge in [0.05, 0.1) is 6.26 Å². The van der Waals surface area contributed by atoms with Gasteiger partial charge in [-0.25, -0.2) is 13.1 Å². The van der Waals surface area contributed by atoms with Crippen molar-refractivity contribution in [2.24, 2.45) is 5.92 Å². The Kier molecular flexibility index (Phi) is 4.88. The molecule has 0 saturated carbocycles. The fraction of sp³-hybridized carbons (Fsp3) is 1.00. The minimum atomic E-state index is -3.04.